The summed E-state index contributed by atoms with van der Waals surface area (Å²) in [7, 11) is 3.08. The van der Waals surface area contributed by atoms with Crippen LogP contribution in [0.5, 0.6) is 11.5 Å². The maximum absolute atomic E-state index is 12.6. The predicted octanol–water partition coefficient (Wildman–Crippen LogP) is 3.00. The van der Waals surface area contributed by atoms with Crippen molar-refractivity contribution in [2.75, 3.05) is 14.2 Å². The molecule has 1 N–H and O–H groups in total. The molecule has 152 valence electrons. The van der Waals surface area contributed by atoms with Crippen LogP contribution in [0.15, 0.2) is 32.8 Å². The molecule has 0 atom stereocenters. The van der Waals surface area contributed by atoms with E-state index in [0.29, 0.717) is 31.8 Å². The zero-order valence-electron chi connectivity index (χ0n) is 16.3. The first kappa shape index (κ1) is 21.0. The standard InChI is InChI=1S/C19H19BrN4O4S/c1-10-11(2)29-18-16(10)19(26)24(9-21-18)8-15(25)23-22-7-12-5-13(20)17(28-4)14(6-12)27-3/h5-7,9H,8H2,1-4H3,(H,23,25)/b22-7+. The van der Waals surface area contributed by atoms with Crippen molar-refractivity contribution in [3.8, 4) is 11.5 Å². The van der Waals surface area contributed by atoms with Gasteiger partial charge in [-0.15, -0.1) is 11.3 Å². The van der Waals surface area contributed by atoms with Gasteiger partial charge in [0.1, 0.15) is 11.4 Å². The number of nitrogens with one attached hydrogen (secondary N) is 1. The number of amides is 1. The van der Waals surface area contributed by atoms with Crippen molar-refractivity contribution in [2.24, 2.45) is 5.10 Å². The Labute approximate surface area is 179 Å². The van der Waals surface area contributed by atoms with Gasteiger partial charge in [0.25, 0.3) is 11.5 Å². The molecule has 0 spiro atoms. The molecule has 1 aromatic carbocycles. The summed E-state index contributed by atoms with van der Waals surface area (Å²) in [6.07, 6.45) is 2.86. The fourth-order valence-corrected chi connectivity index (χ4v) is 4.37. The van der Waals surface area contributed by atoms with Gasteiger partial charge < -0.3 is 9.47 Å². The van der Waals surface area contributed by atoms with Gasteiger partial charge >= 0.3 is 0 Å². The number of aryl methyl sites for hydroxylation is 2. The molecule has 0 bridgehead atoms. The van der Waals surface area contributed by atoms with Crippen molar-refractivity contribution in [3.63, 3.8) is 0 Å². The van der Waals surface area contributed by atoms with Crippen molar-refractivity contribution in [2.45, 2.75) is 20.4 Å². The molecule has 2 aromatic heterocycles. The highest BCUT2D eigenvalue weighted by Gasteiger charge is 2.14. The third-order valence-corrected chi connectivity index (χ3v) is 6.03. The van der Waals surface area contributed by atoms with Crippen LogP contribution < -0.4 is 20.5 Å². The number of hydrogen-bond donors (Lipinski definition) is 1. The number of methoxy groups -OCH3 is 2. The second kappa shape index (κ2) is 8.75. The van der Waals surface area contributed by atoms with E-state index < -0.39 is 5.91 Å². The third-order valence-electron chi connectivity index (χ3n) is 4.33. The summed E-state index contributed by atoms with van der Waals surface area (Å²) in [6, 6.07) is 3.50. The summed E-state index contributed by atoms with van der Waals surface area (Å²) in [6.45, 7) is 3.65. The van der Waals surface area contributed by atoms with Gasteiger partial charge in [-0.1, -0.05) is 0 Å². The van der Waals surface area contributed by atoms with E-state index in [1.807, 2.05) is 13.8 Å². The quantitative estimate of drug-likeness (QED) is 0.433. The second-order valence-corrected chi connectivity index (χ2v) is 8.23. The van der Waals surface area contributed by atoms with E-state index in [1.165, 1.54) is 35.6 Å². The van der Waals surface area contributed by atoms with Crippen molar-refractivity contribution in [1.82, 2.24) is 15.0 Å². The Balaban J connectivity index is 1.73. The third kappa shape index (κ3) is 4.33. The Kier molecular flexibility index (Phi) is 6.33. The number of fused-ring (bicyclic) bond motifs is 1. The van der Waals surface area contributed by atoms with Crippen LogP contribution in [0.4, 0.5) is 0 Å². The van der Waals surface area contributed by atoms with E-state index in [1.54, 1.807) is 19.2 Å². The maximum Gasteiger partial charge on any atom is 0.262 e. The monoisotopic (exact) mass is 478 g/mol. The van der Waals surface area contributed by atoms with E-state index in [0.717, 1.165) is 10.4 Å². The number of hydrogen-bond acceptors (Lipinski definition) is 7. The summed E-state index contributed by atoms with van der Waals surface area (Å²) in [5.74, 6) is 0.658. The lowest BCUT2D eigenvalue weighted by Gasteiger charge is -2.10. The molecule has 0 radical (unpaired) electrons. The number of ether oxygens (including phenoxy) is 2. The maximum atomic E-state index is 12.6. The number of carbonyl (C=O) groups excluding carboxylic acids is 1. The Morgan fingerprint density at radius 3 is 2.79 bits per heavy atom. The Morgan fingerprint density at radius 2 is 2.10 bits per heavy atom. The summed E-state index contributed by atoms with van der Waals surface area (Å²) >= 11 is 4.87. The van der Waals surface area contributed by atoms with Gasteiger partial charge in [-0.05, 0) is 53.0 Å². The first-order valence-corrected chi connectivity index (χ1v) is 10.1. The minimum absolute atomic E-state index is 0.178. The van der Waals surface area contributed by atoms with Crippen molar-refractivity contribution in [1.29, 1.82) is 0 Å². The fraction of sp³-hybridized carbons (Fsp3) is 0.263. The first-order valence-electron chi connectivity index (χ1n) is 8.54. The Hall–Kier alpha value is -2.72. The van der Waals surface area contributed by atoms with Crippen LogP contribution in [0.25, 0.3) is 10.2 Å². The van der Waals surface area contributed by atoms with Gasteiger partial charge in [-0.2, -0.15) is 5.10 Å². The zero-order chi connectivity index (χ0) is 21.1. The number of nitrogens with zero attached hydrogens (tertiary/aromatic N) is 3. The van der Waals surface area contributed by atoms with Gasteiger partial charge in [0, 0.05) is 4.88 Å². The highest BCUT2D eigenvalue weighted by atomic mass is 79.9. The topological polar surface area (TPSA) is 94.8 Å². The second-order valence-electron chi connectivity index (χ2n) is 6.17. The lowest BCUT2D eigenvalue weighted by Crippen LogP contribution is -2.30. The minimum Gasteiger partial charge on any atom is -0.493 e. The molecule has 3 rings (SSSR count). The SMILES string of the molecule is COc1cc(/C=N/NC(=O)Cn2cnc3sc(C)c(C)c3c2=O)cc(Br)c1OC. The van der Waals surface area contributed by atoms with Crippen LogP contribution in [-0.4, -0.2) is 35.9 Å². The number of carbonyl (C=O) groups is 1. The number of thiophene rings is 1. The molecule has 10 heteroatoms. The molecule has 8 nitrogen and oxygen atoms in total. The Bertz CT molecular complexity index is 1170. The van der Waals surface area contributed by atoms with Crippen LogP contribution in [0.2, 0.25) is 0 Å². The largest absolute Gasteiger partial charge is 0.493 e. The molecule has 0 aliphatic heterocycles. The zero-order valence-corrected chi connectivity index (χ0v) is 18.7. The van der Waals surface area contributed by atoms with Gasteiger partial charge in [-0.3, -0.25) is 14.2 Å². The summed E-state index contributed by atoms with van der Waals surface area (Å²) in [4.78, 5) is 30.9. The molecule has 0 aliphatic carbocycles. The number of halogens is 1. The van der Waals surface area contributed by atoms with E-state index >= 15 is 0 Å². The molecule has 29 heavy (non-hydrogen) atoms. The average Bonchev–Trinajstić information content (AvgIpc) is 2.98. The number of benzene rings is 1. The van der Waals surface area contributed by atoms with Crippen LogP contribution >= 0.6 is 27.3 Å². The van der Waals surface area contributed by atoms with E-state index in [4.69, 9.17) is 9.47 Å². The molecule has 0 saturated carbocycles. The summed E-state index contributed by atoms with van der Waals surface area (Å²) < 4.78 is 12.5. The van der Waals surface area contributed by atoms with E-state index in [2.05, 4.69) is 31.4 Å². The number of rotatable bonds is 6. The summed E-state index contributed by atoms with van der Waals surface area (Å²) in [5.41, 5.74) is 3.77. The molecular formula is C19H19BrN4O4S. The number of hydrazone groups is 1. The molecule has 0 unspecified atom stereocenters. The normalized spacial score (nSPS) is 11.2. The lowest BCUT2D eigenvalue weighted by atomic mass is 10.2. The van der Waals surface area contributed by atoms with E-state index in [-0.39, 0.29) is 12.1 Å². The Morgan fingerprint density at radius 1 is 1.34 bits per heavy atom. The van der Waals surface area contributed by atoms with Crippen molar-refractivity contribution >= 4 is 49.6 Å². The highest BCUT2D eigenvalue weighted by molar-refractivity contribution is 9.10. The van der Waals surface area contributed by atoms with Crippen LogP contribution in [-0.2, 0) is 11.3 Å². The average molecular weight is 479 g/mol. The van der Waals surface area contributed by atoms with Crippen LogP contribution in [0.1, 0.15) is 16.0 Å². The van der Waals surface area contributed by atoms with Gasteiger partial charge in [0.15, 0.2) is 11.5 Å². The molecular weight excluding hydrogens is 460 g/mol. The lowest BCUT2D eigenvalue weighted by molar-refractivity contribution is -0.121. The first-order chi connectivity index (χ1) is 13.8. The molecule has 2 heterocycles. The highest BCUT2D eigenvalue weighted by Crippen LogP contribution is 2.35. The van der Waals surface area contributed by atoms with Crippen molar-refractivity contribution in [3.05, 3.63) is 49.3 Å². The predicted molar refractivity (Wildman–Crippen MR) is 116 cm³/mol. The number of aromatic nitrogens is 2. The minimum atomic E-state index is -0.436. The van der Waals surface area contributed by atoms with Crippen LogP contribution in [0, 0.1) is 13.8 Å². The molecule has 3 aromatic rings. The molecule has 0 fully saturated rings. The van der Waals surface area contributed by atoms with Crippen LogP contribution in [0.3, 0.4) is 0 Å². The fourth-order valence-electron chi connectivity index (χ4n) is 2.76. The molecule has 1 amide bonds. The van der Waals surface area contributed by atoms with Gasteiger partial charge in [0.05, 0.1) is 36.6 Å². The van der Waals surface area contributed by atoms with Crippen molar-refractivity contribution < 1.29 is 14.3 Å². The molecule has 0 aliphatic rings. The summed E-state index contributed by atoms with van der Waals surface area (Å²) in [5, 5.41) is 4.50. The van der Waals surface area contributed by atoms with Gasteiger partial charge in [-0.25, -0.2) is 10.4 Å². The molecule has 0 saturated heterocycles. The van der Waals surface area contributed by atoms with Gasteiger partial charge in [0.2, 0.25) is 0 Å². The van der Waals surface area contributed by atoms with E-state index in [9.17, 15) is 9.59 Å². The smallest absolute Gasteiger partial charge is 0.262 e.